The molecule has 0 spiro atoms. The average molecular weight is 280 g/mol. The minimum atomic E-state index is -0.197. The molecule has 0 bridgehead atoms. The fourth-order valence-electron chi connectivity index (χ4n) is 0.847. The zero-order valence-corrected chi connectivity index (χ0v) is 8.64. The van der Waals surface area contributed by atoms with E-state index in [1.54, 1.807) is 6.07 Å². The largest absolute Gasteiger partial charge is 0.383 e. The van der Waals surface area contributed by atoms with E-state index >= 15 is 0 Å². The van der Waals surface area contributed by atoms with Crippen molar-refractivity contribution in [2.24, 2.45) is 5.73 Å². The lowest BCUT2D eigenvalue weighted by molar-refractivity contribution is 0.621. The maximum Gasteiger partial charge on any atom is 0.138 e. The molecule has 66 valence electrons. The van der Waals surface area contributed by atoms with Gasteiger partial charge in [-0.15, -0.1) is 0 Å². The van der Waals surface area contributed by atoms with Crippen LogP contribution in [-0.4, -0.2) is 13.1 Å². The van der Waals surface area contributed by atoms with E-state index < -0.39 is 0 Å². The van der Waals surface area contributed by atoms with Crippen LogP contribution in [0.15, 0.2) is 18.2 Å². The Morgan fingerprint density at radius 1 is 1.50 bits per heavy atom. The highest BCUT2D eigenvalue weighted by atomic mass is 127. The van der Waals surface area contributed by atoms with Gasteiger partial charge in [0.1, 0.15) is 5.82 Å². The second-order valence-electron chi connectivity index (χ2n) is 2.32. The summed E-state index contributed by atoms with van der Waals surface area (Å²) in [4.78, 5) is 0. The fourth-order valence-corrected chi connectivity index (χ4v) is 1.40. The summed E-state index contributed by atoms with van der Waals surface area (Å²) < 4.78 is 13.5. The quantitative estimate of drug-likeness (QED) is 0.829. The molecule has 4 heteroatoms. The van der Waals surface area contributed by atoms with Crippen molar-refractivity contribution in [3.05, 3.63) is 27.6 Å². The molecule has 1 aromatic carbocycles. The normalized spacial score (nSPS) is 9.92. The van der Waals surface area contributed by atoms with E-state index in [0.29, 0.717) is 16.7 Å². The number of nitrogens with two attached hydrogens (primary N) is 1. The zero-order valence-electron chi connectivity index (χ0n) is 6.48. The highest BCUT2D eigenvalue weighted by Crippen LogP contribution is 2.20. The number of halogens is 2. The lowest BCUT2D eigenvalue weighted by Gasteiger charge is -2.06. The molecule has 1 aromatic rings. The molecule has 12 heavy (non-hydrogen) atoms. The molecule has 0 radical (unpaired) electrons. The first-order valence-electron chi connectivity index (χ1n) is 3.63. The third-order valence-electron chi connectivity index (χ3n) is 1.41. The number of benzene rings is 1. The Hall–Kier alpha value is -0.360. The molecule has 0 aliphatic heterocycles. The number of rotatable bonds is 3. The molecular formula is C8H10FIN2. The van der Waals surface area contributed by atoms with Gasteiger partial charge in [-0.25, -0.2) is 4.39 Å². The Kier molecular flexibility index (Phi) is 3.74. The Bertz CT molecular complexity index is 265. The summed E-state index contributed by atoms with van der Waals surface area (Å²) in [7, 11) is 0. The molecule has 0 saturated heterocycles. The minimum Gasteiger partial charge on any atom is -0.383 e. The van der Waals surface area contributed by atoms with Crippen LogP contribution in [0.4, 0.5) is 10.1 Å². The molecule has 0 aromatic heterocycles. The van der Waals surface area contributed by atoms with Crippen LogP contribution in [0.1, 0.15) is 0 Å². The second-order valence-corrected chi connectivity index (χ2v) is 3.40. The molecule has 0 heterocycles. The molecule has 0 aliphatic rings. The van der Waals surface area contributed by atoms with E-state index in [0.717, 1.165) is 5.69 Å². The monoisotopic (exact) mass is 280 g/mol. The van der Waals surface area contributed by atoms with Crippen molar-refractivity contribution in [2.45, 2.75) is 0 Å². The van der Waals surface area contributed by atoms with Gasteiger partial charge in [0.25, 0.3) is 0 Å². The zero-order chi connectivity index (χ0) is 8.97. The van der Waals surface area contributed by atoms with Gasteiger partial charge < -0.3 is 11.1 Å². The van der Waals surface area contributed by atoms with E-state index in [-0.39, 0.29) is 5.82 Å². The Labute approximate surface area is 84.5 Å². The average Bonchev–Trinajstić information content (AvgIpc) is 2.08. The molecule has 2 nitrogen and oxygen atoms in total. The van der Waals surface area contributed by atoms with Gasteiger partial charge in [-0.2, -0.15) is 0 Å². The summed E-state index contributed by atoms with van der Waals surface area (Å²) in [5, 5.41) is 3.03. The van der Waals surface area contributed by atoms with Crippen molar-refractivity contribution in [3.8, 4) is 0 Å². The van der Waals surface area contributed by atoms with Crippen molar-refractivity contribution in [1.29, 1.82) is 0 Å². The third kappa shape index (κ3) is 2.31. The first-order chi connectivity index (χ1) is 5.75. The SMILES string of the molecule is NCCNc1cccc(F)c1I. The molecule has 0 atom stereocenters. The molecule has 0 unspecified atom stereocenters. The van der Waals surface area contributed by atoms with Gasteiger partial charge in [0.05, 0.1) is 9.26 Å². The van der Waals surface area contributed by atoms with Gasteiger partial charge in [-0.05, 0) is 34.7 Å². The van der Waals surface area contributed by atoms with E-state index in [1.165, 1.54) is 6.07 Å². The van der Waals surface area contributed by atoms with Gasteiger partial charge >= 0.3 is 0 Å². The lowest BCUT2D eigenvalue weighted by Crippen LogP contribution is -2.13. The van der Waals surface area contributed by atoms with Crippen LogP contribution in [0.3, 0.4) is 0 Å². The number of hydrogen-bond donors (Lipinski definition) is 2. The van der Waals surface area contributed by atoms with Crippen LogP contribution in [0.5, 0.6) is 0 Å². The second kappa shape index (κ2) is 4.61. The molecule has 0 saturated carbocycles. The van der Waals surface area contributed by atoms with Gasteiger partial charge in [0, 0.05) is 13.1 Å². The van der Waals surface area contributed by atoms with Gasteiger partial charge in [0.15, 0.2) is 0 Å². The Morgan fingerprint density at radius 2 is 2.25 bits per heavy atom. The number of anilines is 1. The van der Waals surface area contributed by atoms with Gasteiger partial charge in [-0.1, -0.05) is 6.07 Å². The van der Waals surface area contributed by atoms with Gasteiger partial charge in [-0.3, -0.25) is 0 Å². The maximum absolute atomic E-state index is 12.9. The van der Waals surface area contributed by atoms with Crippen LogP contribution < -0.4 is 11.1 Å². The first kappa shape index (κ1) is 9.73. The van der Waals surface area contributed by atoms with Crippen molar-refractivity contribution in [2.75, 3.05) is 18.4 Å². The molecule has 0 aliphatic carbocycles. The number of nitrogens with one attached hydrogen (secondary N) is 1. The lowest BCUT2D eigenvalue weighted by atomic mass is 10.3. The topological polar surface area (TPSA) is 38.0 Å². The van der Waals surface area contributed by atoms with E-state index in [9.17, 15) is 4.39 Å². The molecule has 1 rings (SSSR count). The highest BCUT2D eigenvalue weighted by Gasteiger charge is 2.02. The summed E-state index contributed by atoms with van der Waals surface area (Å²) >= 11 is 1.97. The Morgan fingerprint density at radius 3 is 2.92 bits per heavy atom. The highest BCUT2D eigenvalue weighted by molar-refractivity contribution is 14.1. The van der Waals surface area contributed by atoms with Crippen LogP contribution >= 0.6 is 22.6 Å². The van der Waals surface area contributed by atoms with E-state index in [4.69, 9.17) is 5.73 Å². The van der Waals surface area contributed by atoms with Crippen molar-refractivity contribution in [1.82, 2.24) is 0 Å². The third-order valence-corrected chi connectivity index (χ3v) is 2.51. The predicted molar refractivity (Wildman–Crippen MR) is 56.7 cm³/mol. The summed E-state index contributed by atoms with van der Waals surface area (Å²) in [6.45, 7) is 1.21. The molecule has 3 N–H and O–H groups in total. The molecular weight excluding hydrogens is 270 g/mol. The van der Waals surface area contributed by atoms with Crippen LogP contribution in [0.2, 0.25) is 0 Å². The fraction of sp³-hybridized carbons (Fsp3) is 0.250. The predicted octanol–water partition coefficient (Wildman–Crippen LogP) is 1.80. The summed E-state index contributed by atoms with van der Waals surface area (Å²) in [6, 6.07) is 4.95. The van der Waals surface area contributed by atoms with Crippen LogP contribution in [0.25, 0.3) is 0 Å². The van der Waals surface area contributed by atoms with Gasteiger partial charge in [0.2, 0.25) is 0 Å². The Balaban J connectivity index is 2.78. The van der Waals surface area contributed by atoms with Crippen LogP contribution in [-0.2, 0) is 0 Å². The van der Waals surface area contributed by atoms with E-state index in [2.05, 4.69) is 5.32 Å². The van der Waals surface area contributed by atoms with E-state index in [1.807, 2.05) is 28.7 Å². The van der Waals surface area contributed by atoms with Crippen molar-refractivity contribution < 1.29 is 4.39 Å². The van der Waals surface area contributed by atoms with Crippen molar-refractivity contribution >= 4 is 28.3 Å². The molecule has 0 amide bonds. The number of hydrogen-bond acceptors (Lipinski definition) is 2. The minimum absolute atomic E-state index is 0.197. The summed E-state index contributed by atoms with van der Waals surface area (Å²) in [5.41, 5.74) is 6.11. The molecule has 0 fully saturated rings. The summed E-state index contributed by atoms with van der Waals surface area (Å²) in [6.07, 6.45) is 0. The first-order valence-corrected chi connectivity index (χ1v) is 4.71. The smallest absolute Gasteiger partial charge is 0.138 e. The van der Waals surface area contributed by atoms with Crippen molar-refractivity contribution in [3.63, 3.8) is 0 Å². The van der Waals surface area contributed by atoms with Crippen LogP contribution in [0, 0.1) is 9.39 Å². The maximum atomic E-state index is 12.9. The summed E-state index contributed by atoms with van der Waals surface area (Å²) in [5.74, 6) is -0.197. The standard InChI is InChI=1S/C8H10FIN2/c9-6-2-1-3-7(8(6)10)12-5-4-11/h1-3,12H,4-5,11H2.